The van der Waals surface area contributed by atoms with Gasteiger partial charge in [0.1, 0.15) is 18.1 Å². The molecule has 1 saturated heterocycles. The lowest BCUT2D eigenvalue weighted by molar-refractivity contribution is -0.201. The van der Waals surface area contributed by atoms with Gasteiger partial charge in [-0.05, 0) is 31.3 Å². The van der Waals surface area contributed by atoms with Gasteiger partial charge in [-0.1, -0.05) is 18.2 Å². The number of allylic oxidation sites excluding steroid dienone is 4. The summed E-state index contributed by atoms with van der Waals surface area (Å²) in [6.45, 7) is 1.27. The summed E-state index contributed by atoms with van der Waals surface area (Å²) in [6, 6.07) is 0. The highest BCUT2D eigenvalue weighted by atomic mass is 16.7. The van der Waals surface area contributed by atoms with Crippen molar-refractivity contribution in [3.05, 3.63) is 47.8 Å². The molecule has 0 radical (unpaired) electrons. The van der Waals surface area contributed by atoms with Gasteiger partial charge < -0.3 is 24.1 Å². The molecule has 2 heterocycles. The highest BCUT2D eigenvalue weighted by molar-refractivity contribution is 5.34. The van der Waals surface area contributed by atoms with Crippen LogP contribution in [-0.2, 0) is 18.9 Å². The second kappa shape index (κ2) is 5.82. The lowest BCUT2D eigenvalue weighted by atomic mass is 9.80. The summed E-state index contributed by atoms with van der Waals surface area (Å²) < 4.78 is 22.9. The molecule has 124 valence electrons. The SMILES string of the molecule is OC1(C2=COC=C(C3=CC=CCC3)O2)CCC2(CC1)OCCO2. The minimum atomic E-state index is -1.02. The van der Waals surface area contributed by atoms with E-state index < -0.39 is 11.4 Å². The fourth-order valence-corrected chi connectivity index (χ4v) is 3.55. The Kier molecular flexibility index (Phi) is 3.79. The third-order valence-electron chi connectivity index (χ3n) is 5.01. The van der Waals surface area contributed by atoms with E-state index >= 15 is 0 Å². The minimum Gasteiger partial charge on any atom is -0.465 e. The zero-order valence-electron chi connectivity index (χ0n) is 13.1. The molecular formula is C18H22O5. The molecule has 4 aliphatic rings. The Morgan fingerprint density at radius 3 is 2.48 bits per heavy atom. The fraction of sp³-hybridized carbons (Fsp3) is 0.556. The van der Waals surface area contributed by atoms with Crippen LogP contribution < -0.4 is 0 Å². The normalized spacial score (nSPS) is 28.5. The van der Waals surface area contributed by atoms with Crippen LogP contribution in [0.5, 0.6) is 0 Å². The molecule has 0 aromatic carbocycles. The summed E-state index contributed by atoms with van der Waals surface area (Å²) in [6.07, 6.45) is 13.6. The van der Waals surface area contributed by atoms with Gasteiger partial charge in [-0.2, -0.15) is 0 Å². The minimum absolute atomic E-state index is 0.485. The lowest BCUT2D eigenvalue weighted by Crippen LogP contribution is -2.45. The molecule has 2 aliphatic carbocycles. The largest absolute Gasteiger partial charge is 0.465 e. The Labute approximate surface area is 135 Å². The van der Waals surface area contributed by atoms with Crippen LogP contribution in [0, 0.1) is 0 Å². The summed E-state index contributed by atoms with van der Waals surface area (Å²) >= 11 is 0. The van der Waals surface area contributed by atoms with Crippen molar-refractivity contribution in [3.63, 3.8) is 0 Å². The maximum Gasteiger partial charge on any atom is 0.171 e. The van der Waals surface area contributed by atoms with Gasteiger partial charge >= 0.3 is 0 Å². The lowest BCUT2D eigenvalue weighted by Gasteiger charge is -2.41. The van der Waals surface area contributed by atoms with Crippen molar-refractivity contribution >= 4 is 0 Å². The molecule has 1 saturated carbocycles. The Hall–Kier alpha value is -1.56. The van der Waals surface area contributed by atoms with E-state index in [1.807, 2.05) is 12.2 Å². The van der Waals surface area contributed by atoms with Crippen molar-refractivity contribution in [2.75, 3.05) is 13.2 Å². The number of hydrogen-bond acceptors (Lipinski definition) is 5. The standard InChI is InChI=1S/C18H22O5/c19-17(6-8-18(9-7-17)21-10-11-22-18)16-13-20-12-15(23-16)14-4-2-1-3-5-14/h1-2,4,12-13,19H,3,5-11H2. The number of hydrogen-bond donors (Lipinski definition) is 1. The van der Waals surface area contributed by atoms with Crippen molar-refractivity contribution in [1.29, 1.82) is 0 Å². The molecule has 0 aromatic heterocycles. The maximum atomic E-state index is 11.0. The van der Waals surface area contributed by atoms with Gasteiger partial charge in [0, 0.05) is 12.8 Å². The monoisotopic (exact) mass is 318 g/mol. The molecule has 5 nitrogen and oxygen atoms in total. The summed E-state index contributed by atoms with van der Waals surface area (Å²) in [5.74, 6) is 0.671. The highest BCUT2D eigenvalue weighted by Crippen LogP contribution is 2.44. The molecule has 1 N–H and O–H groups in total. The van der Waals surface area contributed by atoms with E-state index in [4.69, 9.17) is 18.9 Å². The molecule has 23 heavy (non-hydrogen) atoms. The van der Waals surface area contributed by atoms with Gasteiger partial charge in [-0.25, -0.2) is 0 Å². The van der Waals surface area contributed by atoms with Crippen molar-refractivity contribution in [3.8, 4) is 0 Å². The van der Waals surface area contributed by atoms with E-state index in [2.05, 4.69) is 6.08 Å². The zero-order valence-corrected chi connectivity index (χ0v) is 13.1. The first-order valence-corrected chi connectivity index (χ1v) is 8.30. The van der Waals surface area contributed by atoms with E-state index in [-0.39, 0.29) is 0 Å². The molecule has 5 heteroatoms. The first kappa shape index (κ1) is 15.0. The maximum absolute atomic E-state index is 11.0. The Bertz CT molecular complexity index is 583. The van der Waals surface area contributed by atoms with Crippen LogP contribution in [0.15, 0.2) is 47.8 Å². The molecule has 2 aliphatic heterocycles. The third-order valence-corrected chi connectivity index (χ3v) is 5.01. The van der Waals surface area contributed by atoms with E-state index in [9.17, 15) is 5.11 Å². The summed E-state index contributed by atoms with van der Waals surface area (Å²) in [4.78, 5) is 0. The average molecular weight is 318 g/mol. The molecule has 0 aromatic rings. The topological polar surface area (TPSA) is 57.2 Å². The van der Waals surface area contributed by atoms with Crippen LogP contribution in [0.25, 0.3) is 0 Å². The quantitative estimate of drug-likeness (QED) is 0.848. The van der Waals surface area contributed by atoms with E-state index in [0.717, 1.165) is 18.4 Å². The van der Waals surface area contributed by atoms with Crippen LogP contribution in [0.2, 0.25) is 0 Å². The number of rotatable bonds is 2. The van der Waals surface area contributed by atoms with Crippen molar-refractivity contribution in [1.82, 2.24) is 0 Å². The molecule has 0 amide bonds. The van der Waals surface area contributed by atoms with E-state index in [1.54, 1.807) is 6.26 Å². The third kappa shape index (κ3) is 2.84. The van der Waals surface area contributed by atoms with Crippen LogP contribution in [-0.4, -0.2) is 29.7 Å². The molecule has 4 rings (SSSR count). The van der Waals surface area contributed by atoms with Gasteiger partial charge in [-0.15, -0.1) is 0 Å². The Balaban J connectivity index is 1.45. The van der Waals surface area contributed by atoms with Crippen LogP contribution in [0.4, 0.5) is 0 Å². The molecule has 1 spiro atoms. The molecular weight excluding hydrogens is 296 g/mol. The van der Waals surface area contributed by atoms with Crippen molar-refractivity contribution < 1.29 is 24.1 Å². The average Bonchev–Trinajstić information content (AvgIpc) is 3.08. The van der Waals surface area contributed by atoms with Crippen LogP contribution in [0.3, 0.4) is 0 Å². The van der Waals surface area contributed by atoms with Gasteiger partial charge in [0.25, 0.3) is 0 Å². The summed E-state index contributed by atoms with van der Waals surface area (Å²) in [5.41, 5.74) is 0.0712. The molecule has 0 bridgehead atoms. The van der Waals surface area contributed by atoms with Crippen LogP contribution >= 0.6 is 0 Å². The predicted octanol–water partition coefficient (Wildman–Crippen LogP) is 3.04. The van der Waals surface area contributed by atoms with Gasteiger partial charge in [0.15, 0.2) is 17.3 Å². The van der Waals surface area contributed by atoms with Gasteiger partial charge in [-0.3, -0.25) is 0 Å². The smallest absolute Gasteiger partial charge is 0.171 e. The van der Waals surface area contributed by atoms with Crippen LogP contribution in [0.1, 0.15) is 38.5 Å². The molecule has 0 atom stereocenters. The van der Waals surface area contributed by atoms with Crippen molar-refractivity contribution in [2.24, 2.45) is 0 Å². The second-order valence-electron chi connectivity index (χ2n) is 6.50. The fourth-order valence-electron chi connectivity index (χ4n) is 3.55. The van der Waals surface area contributed by atoms with Gasteiger partial charge in [0.2, 0.25) is 0 Å². The number of aliphatic hydroxyl groups is 1. The molecule has 0 unspecified atom stereocenters. The number of ether oxygens (including phenoxy) is 4. The second-order valence-corrected chi connectivity index (χ2v) is 6.50. The summed E-state index contributed by atoms with van der Waals surface area (Å²) in [5, 5.41) is 11.0. The Morgan fingerprint density at radius 1 is 1.00 bits per heavy atom. The zero-order chi connectivity index (χ0) is 15.8. The Morgan fingerprint density at radius 2 is 1.78 bits per heavy atom. The molecule has 2 fully saturated rings. The van der Waals surface area contributed by atoms with Crippen molar-refractivity contribution in [2.45, 2.75) is 49.9 Å². The first-order chi connectivity index (χ1) is 11.2. The highest BCUT2D eigenvalue weighted by Gasteiger charge is 2.48. The van der Waals surface area contributed by atoms with Gasteiger partial charge in [0.05, 0.1) is 13.2 Å². The summed E-state index contributed by atoms with van der Waals surface area (Å²) in [7, 11) is 0. The van der Waals surface area contributed by atoms with E-state index in [0.29, 0.717) is 50.4 Å². The first-order valence-electron chi connectivity index (χ1n) is 8.30. The van der Waals surface area contributed by atoms with E-state index in [1.165, 1.54) is 6.26 Å². The predicted molar refractivity (Wildman–Crippen MR) is 82.8 cm³/mol.